The highest BCUT2D eigenvalue weighted by Gasteiger charge is 2.13. The van der Waals surface area contributed by atoms with E-state index in [0.717, 1.165) is 38.3 Å². The van der Waals surface area contributed by atoms with Gasteiger partial charge in [0.05, 0.1) is 5.56 Å². The average Bonchev–Trinajstić information content (AvgIpc) is 2.56. The van der Waals surface area contributed by atoms with Gasteiger partial charge in [-0.25, -0.2) is 4.79 Å². The molecule has 0 aliphatic carbocycles. The molecule has 1 aliphatic heterocycles. The summed E-state index contributed by atoms with van der Waals surface area (Å²) in [6.45, 7) is 5.13. The smallest absolute Gasteiger partial charge is 0.335 e. The van der Waals surface area contributed by atoms with E-state index in [4.69, 9.17) is 5.11 Å². The van der Waals surface area contributed by atoms with E-state index in [2.05, 4.69) is 28.4 Å². The topological polar surface area (TPSA) is 52.6 Å². The summed E-state index contributed by atoms with van der Waals surface area (Å²) in [5.41, 5.74) is 3.85. The molecule has 0 unspecified atom stereocenters. The first-order chi connectivity index (χ1) is 10.7. The summed E-state index contributed by atoms with van der Waals surface area (Å²) < 4.78 is 0. The Bertz CT molecular complexity index is 646. The Kier molecular flexibility index (Phi) is 4.51. The van der Waals surface area contributed by atoms with Gasteiger partial charge in [0.25, 0.3) is 0 Å². The molecular weight excluding hydrogens is 276 g/mol. The summed E-state index contributed by atoms with van der Waals surface area (Å²) in [7, 11) is 0. The lowest BCUT2D eigenvalue weighted by Crippen LogP contribution is -2.42. The molecule has 22 heavy (non-hydrogen) atoms. The number of carboxylic acid groups (broad SMARTS) is 1. The van der Waals surface area contributed by atoms with E-state index in [1.807, 2.05) is 18.2 Å². The van der Waals surface area contributed by atoms with Gasteiger partial charge in [-0.05, 0) is 28.8 Å². The zero-order chi connectivity index (χ0) is 15.4. The number of nitrogens with one attached hydrogen (secondary N) is 1. The number of rotatable bonds is 4. The van der Waals surface area contributed by atoms with E-state index >= 15 is 0 Å². The Morgan fingerprint density at radius 3 is 2.41 bits per heavy atom. The van der Waals surface area contributed by atoms with E-state index in [-0.39, 0.29) is 0 Å². The second kappa shape index (κ2) is 6.73. The molecule has 4 heteroatoms. The van der Waals surface area contributed by atoms with Crippen LogP contribution in [0.5, 0.6) is 0 Å². The van der Waals surface area contributed by atoms with Crippen molar-refractivity contribution >= 4 is 5.97 Å². The Labute approximate surface area is 130 Å². The third-order valence-corrected chi connectivity index (χ3v) is 4.06. The highest BCUT2D eigenvalue weighted by atomic mass is 16.4. The second-order valence-electron chi connectivity index (χ2n) is 5.57. The summed E-state index contributed by atoms with van der Waals surface area (Å²) in [5.74, 6) is -0.888. The molecule has 1 heterocycles. The normalized spacial score (nSPS) is 15.6. The van der Waals surface area contributed by atoms with Crippen LogP contribution in [0, 0.1) is 0 Å². The molecule has 2 N–H and O–H groups in total. The summed E-state index contributed by atoms with van der Waals surface area (Å²) in [6.07, 6.45) is 0. The van der Waals surface area contributed by atoms with Crippen LogP contribution in [0.4, 0.5) is 0 Å². The lowest BCUT2D eigenvalue weighted by Gasteiger charge is -2.28. The third-order valence-electron chi connectivity index (χ3n) is 4.06. The van der Waals surface area contributed by atoms with Crippen molar-refractivity contribution in [2.75, 3.05) is 26.2 Å². The SMILES string of the molecule is O=C(O)c1ccc(-c2ccccc2CN2CCNCC2)cc1. The molecule has 0 atom stereocenters. The maximum atomic E-state index is 11.0. The molecule has 0 spiro atoms. The quantitative estimate of drug-likeness (QED) is 0.910. The number of carboxylic acids is 1. The van der Waals surface area contributed by atoms with Crippen LogP contribution in [0.3, 0.4) is 0 Å². The largest absolute Gasteiger partial charge is 0.478 e. The van der Waals surface area contributed by atoms with Crippen molar-refractivity contribution in [3.63, 3.8) is 0 Å². The summed E-state index contributed by atoms with van der Waals surface area (Å²) in [4.78, 5) is 13.4. The molecule has 0 bridgehead atoms. The minimum absolute atomic E-state index is 0.323. The van der Waals surface area contributed by atoms with Gasteiger partial charge in [-0.3, -0.25) is 4.90 Å². The Morgan fingerprint density at radius 2 is 1.73 bits per heavy atom. The monoisotopic (exact) mass is 296 g/mol. The molecule has 1 saturated heterocycles. The number of aromatic carboxylic acids is 1. The van der Waals surface area contributed by atoms with Crippen LogP contribution in [-0.2, 0) is 6.54 Å². The maximum absolute atomic E-state index is 11.0. The summed E-state index contributed by atoms with van der Waals surface area (Å²) >= 11 is 0. The minimum atomic E-state index is -0.888. The molecule has 0 aromatic heterocycles. The predicted molar refractivity (Wildman–Crippen MR) is 87.0 cm³/mol. The second-order valence-corrected chi connectivity index (χ2v) is 5.57. The molecule has 0 amide bonds. The lowest BCUT2D eigenvalue weighted by molar-refractivity contribution is 0.0697. The number of hydrogen-bond donors (Lipinski definition) is 2. The molecule has 0 saturated carbocycles. The molecule has 1 aliphatic rings. The molecule has 2 aromatic rings. The van der Waals surface area contributed by atoms with Crippen LogP contribution < -0.4 is 5.32 Å². The zero-order valence-corrected chi connectivity index (χ0v) is 12.5. The fourth-order valence-corrected chi connectivity index (χ4v) is 2.84. The van der Waals surface area contributed by atoms with E-state index in [9.17, 15) is 4.79 Å². The maximum Gasteiger partial charge on any atom is 0.335 e. The zero-order valence-electron chi connectivity index (χ0n) is 12.5. The number of carbonyl (C=O) groups is 1. The molecular formula is C18H20N2O2. The highest BCUT2D eigenvalue weighted by molar-refractivity contribution is 5.88. The standard InChI is InChI=1S/C18H20N2O2/c21-18(22)15-7-5-14(6-8-15)17-4-2-1-3-16(17)13-20-11-9-19-10-12-20/h1-8,19H,9-13H2,(H,21,22). The van der Waals surface area contributed by atoms with Gasteiger partial charge in [-0.1, -0.05) is 36.4 Å². The van der Waals surface area contributed by atoms with Gasteiger partial charge in [0, 0.05) is 32.7 Å². The van der Waals surface area contributed by atoms with Crippen molar-refractivity contribution in [1.29, 1.82) is 0 Å². The van der Waals surface area contributed by atoms with Crippen molar-refractivity contribution in [3.8, 4) is 11.1 Å². The van der Waals surface area contributed by atoms with Crippen molar-refractivity contribution < 1.29 is 9.90 Å². The first kappa shape index (κ1) is 14.8. The fraction of sp³-hybridized carbons (Fsp3) is 0.278. The van der Waals surface area contributed by atoms with Gasteiger partial charge in [0.1, 0.15) is 0 Å². The Morgan fingerprint density at radius 1 is 1.05 bits per heavy atom. The van der Waals surface area contributed by atoms with Crippen molar-refractivity contribution in [1.82, 2.24) is 10.2 Å². The molecule has 1 fully saturated rings. The van der Waals surface area contributed by atoms with E-state index < -0.39 is 5.97 Å². The van der Waals surface area contributed by atoms with E-state index in [1.165, 1.54) is 11.1 Å². The number of hydrogen-bond acceptors (Lipinski definition) is 3. The number of benzene rings is 2. The summed E-state index contributed by atoms with van der Waals surface area (Å²) in [6, 6.07) is 15.5. The van der Waals surface area contributed by atoms with Crippen molar-refractivity contribution in [2.45, 2.75) is 6.54 Å². The van der Waals surface area contributed by atoms with Crippen LogP contribution in [0.15, 0.2) is 48.5 Å². The number of piperazine rings is 1. The minimum Gasteiger partial charge on any atom is -0.478 e. The molecule has 0 radical (unpaired) electrons. The summed E-state index contributed by atoms with van der Waals surface area (Å²) in [5, 5.41) is 12.4. The first-order valence-corrected chi connectivity index (χ1v) is 7.59. The third kappa shape index (κ3) is 3.35. The van der Waals surface area contributed by atoms with Crippen LogP contribution in [0.1, 0.15) is 15.9 Å². The Hall–Kier alpha value is -2.17. The number of nitrogens with zero attached hydrogens (tertiary/aromatic N) is 1. The van der Waals surface area contributed by atoms with Gasteiger partial charge in [-0.2, -0.15) is 0 Å². The predicted octanol–water partition coefficient (Wildman–Crippen LogP) is 2.46. The van der Waals surface area contributed by atoms with Crippen LogP contribution in [0.2, 0.25) is 0 Å². The van der Waals surface area contributed by atoms with Crippen LogP contribution in [0.25, 0.3) is 11.1 Å². The fourth-order valence-electron chi connectivity index (χ4n) is 2.84. The first-order valence-electron chi connectivity index (χ1n) is 7.59. The van der Waals surface area contributed by atoms with Crippen molar-refractivity contribution in [2.24, 2.45) is 0 Å². The van der Waals surface area contributed by atoms with Gasteiger partial charge < -0.3 is 10.4 Å². The van der Waals surface area contributed by atoms with E-state index in [0.29, 0.717) is 5.56 Å². The van der Waals surface area contributed by atoms with Gasteiger partial charge >= 0.3 is 5.97 Å². The van der Waals surface area contributed by atoms with Crippen LogP contribution >= 0.6 is 0 Å². The highest BCUT2D eigenvalue weighted by Crippen LogP contribution is 2.25. The van der Waals surface area contributed by atoms with E-state index in [1.54, 1.807) is 12.1 Å². The van der Waals surface area contributed by atoms with Gasteiger partial charge in [0.15, 0.2) is 0 Å². The molecule has 3 rings (SSSR count). The molecule has 114 valence electrons. The average molecular weight is 296 g/mol. The molecule has 4 nitrogen and oxygen atoms in total. The Balaban J connectivity index is 1.85. The van der Waals surface area contributed by atoms with Crippen LogP contribution in [-0.4, -0.2) is 42.2 Å². The van der Waals surface area contributed by atoms with Gasteiger partial charge in [-0.15, -0.1) is 0 Å². The lowest BCUT2D eigenvalue weighted by atomic mass is 9.98. The van der Waals surface area contributed by atoms with Gasteiger partial charge in [0.2, 0.25) is 0 Å². The molecule has 2 aromatic carbocycles. The van der Waals surface area contributed by atoms with Crippen molar-refractivity contribution in [3.05, 3.63) is 59.7 Å².